The Morgan fingerprint density at radius 2 is 1.61 bits per heavy atom. The number of hydrogen-bond acceptors (Lipinski definition) is 1. The number of carbonyl (C=O) groups excluding carboxylic acids is 1. The summed E-state index contributed by atoms with van der Waals surface area (Å²) < 4.78 is 74.7. The molecular formula is C11H8F6O. The zero-order valence-electron chi connectivity index (χ0n) is 8.90. The number of rotatable bonds is 3. The predicted molar refractivity (Wildman–Crippen MR) is 50.8 cm³/mol. The first-order chi connectivity index (χ1) is 8.16. The number of aldehydes is 1. The monoisotopic (exact) mass is 270 g/mol. The third kappa shape index (κ3) is 3.48. The maximum Gasteiger partial charge on any atom is 0.416 e. The van der Waals surface area contributed by atoms with E-state index in [-0.39, 0.29) is 12.8 Å². The van der Waals surface area contributed by atoms with E-state index in [0.717, 1.165) is 0 Å². The molecule has 0 bridgehead atoms. The normalized spacial score (nSPS) is 12.6. The lowest BCUT2D eigenvalue weighted by atomic mass is 9.99. The van der Waals surface area contributed by atoms with E-state index in [4.69, 9.17) is 0 Å². The molecular weight excluding hydrogens is 262 g/mol. The quantitative estimate of drug-likeness (QED) is 0.602. The van der Waals surface area contributed by atoms with Crippen LogP contribution in [0.3, 0.4) is 0 Å². The summed E-state index contributed by atoms with van der Waals surface area (Å²) in [6.45, 7) is 0. The van der Waals surface area contributed by atoms with Gasteiger partial charge in [-0.25, -0.2) is 0 Å². The van der Waals surface area contributed by atoms with Crippen molar-refractivity contribution in [2.24, 2.45) is 0 Å². The van der Waals surface area contributed by atoms with Gasteiger partial charge in [0.1, 0.15) is 6.29 Å². The van der Waals surface area contributed by atoms with Crippen molar-refractivity contribution in [1.82, 2.24) is 0 Å². The summed E-state index contributed by atoms with van der Waals surface area (Å²) in [5, 5.41) is 0. The highest BCUT2D eigenvalue weighted by molar-refractivity contribution is 5.50. The predicted octanol–water partition coefficient (Wildman–Crippen LogP) is 3.86. The zero-order valence-corrected chi connectivity index (χ0v) is 8.90. The van der Waals surface area contributed by atoms with Crippen LogP contribution in [0.25, 0.3) is 0 Å². The van der Waals surface area contributed by atoms with Gasteiger partial charge in [-0.1, -0.05) is 0 Å². The highest BCUT2D eigenvalue weighted by atomic mass is 19.4. The van der Waals surface area contributed by atoms with E-state index >= 15 is 0 Å². The minimum atomic E-state index is -4.73. The van der Waals surface area contributed by atoms with Gasteiger partial charge in [-0.05, 0) is 30.2 Å². The van der Waals surface area contributed by atoms with Gasteiger partial charge in [-0.2, -0.15) is 26.3 Å². The third-order valence-electron chi connectivity index (χ3n) is 2.27. The number of halogens is 6. The lowest BCUT2D eigenvalue weighted by molar-refractivity contribution is -0.141. The Hall–Kier alpha value is -1.53. The van der Waals surface area contributed by atoms with Crippen LogP contribution < -0.4 is 0 Å². The molecule has 1 nitrogen and oxygen atoms in total. The van der Waals surface area contributed by atoms with Crippen molar-refractivity contribution in [2.45, 2.75) is 25.2 Å². The van der Waals surface area contributed by atoms with Crippen LogP contribution in [0.15, 0.2) is 18.2 Å². The van der Waals surface area contributed by atoms with Crippen molar-refractivity contribution in [2.75, 3.05) is 0 Å². The topological polar surface area (TPSA) is 17.1 Å². The van der Waals surface area contributed by atoms with Gasteiger partial charge in [0.05, 0.1) is 11.1 Å². The number of carbonyl (C=O) groups is 1. The van der Waals surface area contributed by atoms with Gasteiger partial charge < -0.3 is 4.79 Å². The Balaban J connectivity index is 3.25. The standard InChI is InChI=1S/C11H8F6O/c12-10(13,14)8-3-4-9(11(15,16)17)7(6-8)2-1-5-18/h3-6H,1-2H2. The molecule has 0 aromatic heterocycles. The van der Waals surface area contributed by atoms with E-state index in [1.807, 2.05) is 0 Å². The van der Waals surface area contributed by atoms with Gasteiger partial charge in [-0.3, -0.25) is 0 Å². The molecule has 0 N–H and O–H groups in total. The van der Waals surface area contributed by atoms with Crippen molar-refractivity contribution in [1.29, 1.82) is 0 Å². The fourth-order valence-corrected chi connectivity index (χ4v) is 1.47. The number of hydrogen-bond donors (Lipinski definition) is 0. The summed E-state index contributed by atoms with van der Waals surface area (Å²) in [5.74, 6) is 0. The second-order valence-electron chi connectivity index (χ2n) is 3.57. The van der Waals surface area contributed by atoms with Crippen LogP contribution in [0.2, 0.25) is 0 Å². The first-order valence-electron chi connectivity index (χ1n) is 4.87. The van der Waals surface area contributed by atoms with E-state index in [1.165, 1.54) is 0 Å². The maximum atomic E-state index is 12.5. The molecule has 1 rings (SSSR count). The van der Waals surface area contributed by atoms with Crippen molar-refractivity contribution in [3.8, 4) is 0 Å². The summed E-state index contributed by atoms with van der Waals surface area (Å²) in [6.07, 6.45) is -9.71. The van der Waals surface area contributed by atoms with Crippen LogP contribution in [0.1, 0.15) is 23.1 Å². The second kappa shape index (κ2) is 4.99. The summed E-state index contributed by atoms with van der Waals surface area (Å²) in [7, 11) is 0. The second-order valence-corrected chi connectivity index (χ2v) is 3.57. The molecule has 0 atom stereocenters. The summed E-state index contributed by atoms with van der Waals surface area (Å²) in [6, 6.07) is 1.21. The summed E-state index contributed by atoms with van der Waals surface area (Å²) in [4.78, 5) is 10.1. The molecule has 0 radical (unpaired) electrons. The largest absolute Gasteiger partial charge is 0.416 e. The highest BCUT2D eigenvalue weighted by Gasteiger charge is 2.36. The lowest BCUT2D eigenvalue weighted by Crippen LogP contribution is -2.12. The van der Waals surface area contributed by atoms with Crippen molar-refractivity contribution in [3.05, 3.63) is 34.9 Å². The van der Waals surface area contributed by atoms with Crippen LogP contribution >= 0.6 is 0 Å². The molecule has 0 saturated carbocycles. The minimum absolute atomic E-state index is 0.260. The molecule has 1 aromatic carbocycles. The lowest BCUT2D eigenvalue weighted by Gasteiger charge is -2.15. The molecule has 18 heavy (non-hydrogen) atoms. The summed E-state index contributed by atoms with van der Waals surface area (Å²) >= 11 is 0. The van der Waals surface area contributed by atoms with Crippen LogP contribution in [0.4, 0.5) is 26.3 Å². The van der Waals surface area contributed by atoms with Crippen molar-refractivity contribution >= 4 is 6.29 Å². The van der Waals surface area contributed by atoms with Crippen LogP contribution in [-0.4, -0.2) is 6.29 Å². The van der Waals surface area contributed by atoms with Gasteiger partial charge in [0.25, 0.3) is 0 Å². The SMILES string of the molecule is O=CCCc1cc(C(F)(F)F)ccc1C(F)(F)F. The fourth-order valence-electron chi connectivity index (χ4n) is 1.47. The number of alkyl halides is 6. The molecule has 0 saturated heterocycles. The van der Waals surface area contributed by atoms with Crippen LogP contribution in [-0.2, 0) is 23.6 Å². The van der Waals surface area contributed by atoms with E-state index in [2.05, 4.69) is 0 Å². The average molecular weight is 270 g/mol. The van der Waals surface area contributed by atoms with Crippen molar-refractivity contribution in [3.63, 3.8) is 0 Å². The van der Waals surface area contributed by atoms with E-state index < -0.39 is 29.0 Å². The average Bonchev–Trinajstić information content (AvgIpc) is 2.23. The molecule has 0 unspecified atom stereocenters. The highest BCUT2D eigenvalue weighted by Crippen LogP contribution is 2.36. The van der Waals surface area contributed by atoms with E-state index in [9.17, 15) is 31.1 Å². The molecule has 0 aliphatic rings. The van der Waals surface area contributed by atoms with Gasteiger partial charge in [0.15, 0.2) is 0 Å². The molecule has 100 valence electrons. The molecule has 0 aliphatic heterocycles. The molecule has 0 spiro atoms. The van der Waals surface area contributed by atoms with Gasteiger partial charge in [-0.15, -0.1) is 0 Å². The smallest absolute Gasteiger partial charge is 0.303 e. The third-order valence-corrected chi connectivity index (χ3v) is 2.27. The first-order valence-corrected chi connectivity index (χ1v) is 4.87. The van der Waals surface area contributed by atoms with E-state index in [1.54, 1.807) is 0 Å². The van der Waals surface area contributed by atoms with Crippen LogP contribution in [0, 0.1) is 0 Å². The Bertz CT molecular complexity index is 432. The van der Waals surface area contributed by atoms with Gasteiger partial charge in [0.2, 0.25) is 0 Å². The Morgan fingerprint density at radius 3 is 2.06 bits per heavy atom. The van der Waals surface area contributed by atoms with Crippen LogP contribution in [0.5, 0.6) is 0 Å². The maximum absolute atomic E-state index is 12.5. The van der Waals surface area contributed by atoms with Gasteiger partial charge in [0, 0.05) is 6.42 Å². The Morgan fingerprint density at radius 1 is 1.00 bits per heavy atom. The number of aryl methyl sites for hydroxylation is 1. The van der Waals surface area contributed by atoms with E-state index in [0.29, 0.717) is 24.5 Å². The number of benzene rings is 1. The molecule has 0 heterocycles. The molecule has 0 aliphatic carbocycles. The van der Waals surface area contributed by atoms with Gasteiger partial charge >= 0.3 is 12.4 Å². The van der Waals surface area contributed by atoms with Crippen molar-refractivity contribution < 1.29 is 31.1 Å². The Kier molecular flexibility index (Phi) is 4.03. The Labute approximate surface area is 98.4 Å². The molecule has 0 fully saturated rings. The fraction of sp³-hybridized carbons (Fsp3) is 0.364. The molecule has 0 amide bonds. The zero-order chi connectivity index (χ0) is 14.0. The first kappa shape index (κ1) is 14.5. The molecule has 1 aromatic rings. The summed E-state index contributed by atoms with van der Waals surface area (Å²) in [5.41, 5.74) is -2.82. The molecule has 7 heteroatoms. The minimum Gasteiger partial charge on any atom is -0.303 e.